The molecule has 3 aliphatic heterocycles. The van der Waals surface area contributed by atoms with Crippen molar-refractivity contribution in [2.75, 3.05) is 37.3 Å². The molecule has 4 rings (SSSR count). The standard InChI is InChI=1S/C16H24N6O3S2/c1-2-26-16-21-20-15(27-16)17-13(23)10-7-22(6-9-4-3-5-25-9)8-11-12(10)18-19-14(11)24/h9-12,18H,2-8H2,1H3,(H,19,24)(H,17,20,23). The van der Waals surface area contributed by atoms with E-state index in [0.717, 1.165) is 36.1 Å². The maximum absolute atomic E-state index is 13.0. The molecule has 4 unspecified atom stereocenters. The van der Waals surface area contributed by atoms with E-state index in [4.69, 9.17) is 4.74 Å². The third-order valence-electron chi connectivity index (χ3n) is 5.20. The molecule has 3 saturated heterocycles. The highest BCUT2D eigenvalue weighted by Crippen LogP contribution is 2.29. The predicted octanol–water partition coefficient (Wildman–Crippen LogP) is 0.319. The van der Waals surface area contributed by atoms with Gasteiger partial charge in [0.05, 0.1) is 24.0 Å². The maximum Gasteiger partial charge on any atom is 0.240 e. The molecule has 9 nitrogen and oxygen atoms in total. The van der Waals surface area contributed by atoms with Crippen LogP contribution in [0, 0.1) is 11.8 Å². The monoisotopic (exact) mass is 412 g/mol. The minimum Gasteiger partial charge on any atom is -0.377 e. The van der Waals surface area contributed by atoms with Crippen molar-refractivity contribution in [1.82, 2.24) is 25.9 Å². The second kappa shape index (κ2) is 8.39. The molecule has 0 spiro atoms. The molecule has 1 aromatic rings. The van der Waals surface area contributed by atoms with Crippen molar-refractivity contribution in [2.24, 2.45) is 11.8 Å². The quantitative estimate of drug-likeness (QED) is 0.453. The van der Waals surface area contributed by atoms with Crippen LogP contribution in [-0.2, 0) is 14.3 Å². The molecule has 3 fully saturated rings. The Morgan fingerprint density at radius 3 is 3.11 bits per heavy atom. The smallest absolute Gasteiger partial charge is 0.240 e. The average Bonchev–Trinajstić information content (AvgIpc) is 3.38. The maximum atomic E-state index is 13.0. The van der Waals surface area contributed by atoms with E-state index in [1.807, 2.05) is 6.92 Å². The van der Waals surface area contributed by atoms with Crippen LogP contribution in [0.3, 0.4) is 0 Å². The first-order chi connectivity index (χ1) is 13.1. The number of piperidine rings is 1. The summed E-state index contributed by atoms with van der Waals surface area (Å²) in [6.07, 6.45) is 2.31. The van der Waals surface area contributed by atoms with Gasteiger partial charge in [-0.05, 0) is 18.6 Å². The molecule has 2 amide bonds. The van der Waals surface area contributed by atoms with Crippen LogP contribution in [0.15, 0.2) is 4.34 Å². The molecule has 0 radical (unpaired) electrons. The van der Waals surface area contributed by atoms with Crippen LogP contribution in [0.25, 0.3) is 0 Å². The van der Waals surface area contributed by atoms with E-state index in [1.165, 1.54) is 11.3 Å². The Kier molecular flexibility index (Phi) is 5.93. The number of rotatable bonds is 6. The second-order valence-electron chi connectivity index (χ2n) is 7.02. The molecular weight excluding hydrogens is 388 g/mol. The van der Waals surface area contributed by atoms with Crippen molar-refractivity contribution in [3.05, 3.63) is 0 Å². The van der Waals surface area contributed by atoms with E-state index in [-0.39, 0.29) is 35.8 Å². The van der Waals surface area contributed by atoms with E-state index in [9.17, 15) is 9.59 Å². The molecule has 4 atom stereocenters. The van der Waals surface area contributed by atoms with Gasteiger partial charge in [-0.1, -0.05) is 30.0 Å². The van der Waals surface area contributed by atoms with E-state index in [1.54, 1.807) is 11.8 Å². The minimum atomic E-state index is -0.352. The van der Waals surface area contributed by atoms with Crippen LogP contribution >= 0.6 is 23.1 Å². The zero-order valence-electron chi connectivity index (χ0n) is 15.1. The Bertz CT molecular complexity index is 695. The van der Waals surface area contributed by atoms with Crippen LogP contribution in [0.2, 0.25) is 0 Å². The van der Waals surface area contributed by atoms with E-state index in [2.05, 4.69) is 31.3 Å². The summed E-state index contributed by atoms with van der Waals surface area (Å²) in [5.74, 6) is 0.139. The number of amides is 2. The lowest BCUT2D eigenvalue weighted by molar-refractivity contribution is -0.127. The molecule has 4 heterocycles. The van der Waals surface area contributed by atoms with Gasteiger partial charge in [-0.25, -0.2) is 5.43 Å². The zero-order chi connectivity index (χ0) is 18.8. The number of thioether (sulfide) groups is 1. The third kappa shape index (κ3) is 4.27. The highest BCUT2D eigenvalue weighted by atomic mass is 32.2. The Labute approximate surface area is 166 Å². The van der Waals surface area contributed by atoms with Gasteiger partial charge in [0, 0.05) is 26.2 Å². The van der Waals surface area contributed by atoms with Crippen molar-refractivity contribution in [3.63, 3.8) is 0 Å². The SMILES string of the molecule is CCSc1nnc(NC(=O)C2CN(CC3CCCO3)CC3C(=O)NNC32)s1. The van der Waals surface area contributed by atoms with E-state index < -0.39 is 0 Å². The number of hydrazine groups is 1. The van der Waals surface area contributed by atoms with Crippen molar-refractivity contribution in [2.45, 2.75) is 36.3 Å². The normalized spacial score (nSPS) is 30.9. The summed E-state index contributed by atoms with van der Waals surface area (Å²) in [5, 5.41) is 11.5. The van der Waals surface area contributed by atoms with Crippen molar-refractivity contribution >= 4 is 40.0 Å². The number of carbonyl (C=O) groups excluding carboxylic acids is 2. The molecule has 1 aromatic heterocycles. The van der Waals surface area contributed by atoms with Crippen molar-refractivity contribution in [3.8, 4) is 0 Å². The number of likely N-dealkylation sites (tertiary alicyclic amines) is 1. The number of carbonyl (C=O) groups is 2. The molecule has 0 bridgehead atoms. The fourth-order valence-electron chi connectivity index (χ4n) is 3.94. The summed E-state index contributed by atoms with van der Waals surface area (Å²) in [6, 6.07) is -0.212. The first-order valence-electron chi connectivity index (χ1n) is 9.30. The number of anilines is 1. The summed E-state index contributed by atoms with van der Waals surface area (Å²) < 4.78 is 6.57. The van der Waals surface area contributed by atoms with Gasteiger partial charge in [-0.2, -0.15) is 0 Å². The number of ether oxygens (including phenoxy) is 1. The highest BCUT2D eigenvalue weighted by molar-refractivity contribution is 8.01. The van der Waals surface area contributed by atoms with Gasteiger partial charge in [-0.3, -0.25) is 19.9 Å². The summed E-state index contributed by atoms with van der Waals surface area (Å²) in [7, 11) is 0. The largest absolute Gasteiger partial charge is 0.377 e. The number of nitrogens with one attached hydrogen (secondary N) is 3. The number of aromatic nitrogens is 2. The van der Waals surface area contributed by atoms with Crippen molar-refractivity contribution in [1.29, 1.82) is 0 Å². The summed E-state index contributed by atoms with van der Waals surface area (Å²) in [5.41, 5.74) is 5.70. The van der Waals surface area contributed by atoms with E-state index >= 15 is 0 Å². The number of hydrogen-bond acceptors (Lipinski definition) is 9. The fourth-order valence-corrected chi connectivity index (χ4v) is 5.60. The lowest BCUT2D eigenvalue weighted by Crippen LogP contribution is -2.56. The van der Waals surface area contributed by atoms with Gasteiger partial charge >= 0.3 is 0 Å². The van der Waals surface area contributed by atoms with Crippen molar-refractivity contribution < 1.29 is 14.3 Å². The Hall–Kier alpha value is -1.27. The van der Waals surface area contributed by atoms with Crippen LogP contribution in [-0.4, -0.2) is 71.1 Å². The van der Waals surface area contributed by atoms with Gasteiger partial charge in [0.2, 0.25) is 16.9 Å². The Balaban J connectivity index is 1.44. The second-order valence-corrected chi connectivity index (χ2v) is 9.51. The molecular formula is C16H24N6O3S2. The molecule has 3 N–H and O–H groups in total. The molecule has 0 aliphatic carbocycles. The predicted molar refractivity (Wildman–Crippen MR) is 102 cm³/mol. The summed E-state index contributed by atoms with van der Waals surface area (Å²) in [6.45, 7) is 4.83. The van der Waals surface area contributed by atoms with Crippen LogP contribution in [0.5, 0.6) is 0 Å². The Morgan fingerprint density at radius 1 is 1.44 bits per heavy atom. The van der Waals surface area contributed by atoms with Gasteiger partial charge in [-0.15, -0.1) is 10.2 Å². The molecule has 0 aromatic carbocycles. The molecule has 11 heteroatoms. The third-order valence-corrected chi connectivity index (χ3v) is 7.06. The molecule has 27 heavy (non-hydrogen) atoms. The summed E-state index contributed by atoms with van der Waals surface area (Å²) in [4.78, 5) is 27.3. The lowest BCUT2D eigenvalue weighted by atomic mass is 9.84. The first kappa shape index (κ1) is 19.1. The minimum absolute atomic E-state index is 0.0487. The van der Waals surface area contributed by atoms with E-state index in [0.29, 0.717) is 18.2 Å². The van der Waals surface area contributed by atoms with Crippen LogP contribution in [0.4, 0.5) is 5.13 Å². The summed E-state index contributed by atoms with van der Waals surface area (Å²) >= 11 is 2.97. The number of nitrogens with zero attached hydrogens (tertiary/aromatic N) is 3. The number of hydrogen-bond donors (Lipinski definition) is 3. The van der Waals surface area contributed by atoms with Gasteiger partial charge in [0.15, 0.2) is 4.34 Å². The Morgan fingerprint density at radius 2 is 2.33 bits per heavy atom. The number of fused-ring (bicyclic) bond motifs is 1. The average molecular weight is 413 g/mol. The van der Waals surface area contributed by atoms with Gasteiger partial charge in [0.25, 0.3) is 0 Å². The highest BCUT2D eigenvalue weighted by Gasteiger charge is 2.47. The zero-order valence-corrected chi connectivity index (χ0v) is 16.8. The van der Waals surface area contributed by atoms with Crippen LogP contribution in [0.1, 0.15) is 19.8 Å². The molecule has 3 aliphatic rings. The van der Waals surface area contributed by atoms with Gasteiger partial charge in [0.1, 0.15) is 0 Å². The van der Waals surface area contributed by atoms with Gasteiger partial charge < -0.3 is 10.1 Å². The van der Waals surface area contributed by atoms with Crippen LogP contribution < -0.4 is 16.2 Å². The first-order valence-corrected chi connectivity index (χ1v) is 11.1. The molecule has 148 valence electrons. The molecule has 0 saturated carbocycles. The lowest BCUT2D eigenvalue weighted by Gasteiger charge is -2.39. The topological polar surface area (TPSA) is 108 Å². The fraction of sp³-hybridized carbons (Fsp3) is 0.750.